The van der Waals surface area contributed by atoms with Crippen LogP contribution in [0, 0.1) is 11.7 Å². The van der Waals surface area contributed by atoms with Crippen LogP contribution in [0.25, 0.3) is 0 Å². The number of methoxy groups -OCH3 is 1. The molecule has 3 aliphatic heterocycles. The molecule has 5 rings (SSSR count). The van der Waals surface area contributed by atoms with Crippen LogP contribution in [0.3, 0.4) is 0 Å². The molecule has 1 aromatic rings. The topological polar surface area (TPSA) is 140 Å². The van der Waals surface area contributed by atoms with E-state index >= 15 is 0 Å². The summed E-state index contributed by atoms with van der Waals surface area (Å²) in [6, 6.07) is 2.32. The Kier molecular flexibility index (Phi) is 4.74. The van der Waals surface area contributed by atoms with Crippen molar-refractivity contribution in [2.75, 3.05) is 13.7 Å². The summed E-state index contributed by atoms with van der Waals surface area (Å²) in [6.07, 6.45) is 4.01. The van der Waals surface area contributed by atoms with E-state index < -0.39 is 47.3 Å². The van der Waals surface area contributed by atoms with E-state index in [-0.39, 0.29) is 30.3 Å². The van der Waals surface area contributed by atoms with E-state index in [4.69, 9.17) is 15.2 Å². The largest absolute Gasteiger partial charge is 0.494 e. The number of urea groups is 1. The van der Waals surface area contributed by atoms with Crippen molar-refractivity contribution in [2.24, 2.45) is 11.7 Å². The van der Waals surface area contributed by atoms with Crippen molar-refractivity contribution in [3.8, 4) is 5.75 Å². The molecular formula is C22H21FN4O6. The Balaban J connectivity index is 1.45. The van der Waals surface area contributed by atoms with Crippen LogP contribution in [0.15, 0.2) is 35.9 Å². The summed E-state index contributed by atoms with van der Waals surface area (Å²) in [5, 5.41) is 4.86. The average molecular weight is 456 g/mol. The number of hydrogen-bond acceptors (Lipinski definition) is 6. The molecule has 10 nitrogen and oxygen atoms in total. The molecule has 5 amide bonds. The summed E-state index contributed by atoms with van der Waals surface area (Å²) in [4.78, 5) is 51.0. The number of fused-ring (bicyclic) bond motifs is 2. The van der Waals surface area contributed by atoms with Crippen molar-refractivity contribution in [3.05, 3.63) is 52.9 Å². The molecule has 4 aliphatic rings. The molecule has 3 heterocycles. The summed E-state index contributed by atoms with van der Waals surface area (Å²) in [5.41, 5.74) is 4.40. The molecule has 0 radical (unpaired) electrons. The average Bonchev–Trinajstić information content (AvgIpc) is 3.42. The van der Waals surface area contributed by atoms with Crippen LogP contribution in [0.1, 0.15) is 22.3 Å². The molecule has 0 bridgehead atoms. The van der Waals surface area contributed by atoms with Gasteiger partial charge in [0, 0.05) is 18.0 Å². The second-order valence-corrected chi connectivity index (χ2v) is 8.49. The van der Waals surface area contributed by atoms with Gasteiger partial charge in [-0.25, -0.2) is 9.18 Å². The number of nitrogens with zero attached hydrogens (tertiary/aromatic N) is 1. The van der Waals surface area contributed by atoms with Gasteiger partial charge in [-0.05, 0) is 24.1 Å². The van der Waals surface area contributed by atoms with Crippen molar-refractivity contribution in [1.29, 1.82) is 0 Å². The molecule has 1 aromatic carbocycles. The van der Waals surface area contributed by atoms with Crippen molar-refractivity contribution in [2.45, 2.75) is 30.7 Å². The maximum absolute atomic E-state index is 14.8. The number of hydrogen-bond donors (Lipinski definition) is 3. The lowest BCUT2D eigenvalue weighted by Gasteiger charge is -2.35. The van der Waals surface area contributed by atoms with Crippen LogP contribution >= 0.6 is 0 Å². The normalized spacial score (nSPS) is 30.0. The van der Waals surface area contributed by atoms with E-state index in [1.165, 1.54) is 18.1 Å². The third-order valence-corrected chi connectivity index (χ3v) is 6.61. The molecule has 0 spiro atoms. The molecule has 4 atom stereocenters. The Hall–Kier alpha value is -3.73. The molecule has 1 aliphatic carbocycles. The van der Waals surface area contributed by atoms with Crippen LogP contribution in [0.2, 0.25) is 0 Å². The van der Waals surface area contributed by atoms with Crippen LogP contribution in [0.4, 0.5) is 9.18 Å². The second-order valence-electron chi connectivity index (χ2n) is 8.49. The number of nitrogens with two attached hydrogens (primary N) is 1. The van der Waals surface area contributed by atoms with Crippen LogP contribution in [-0.2, 0) is 20.9 Å². The van der Waals surface area contributed by atoms with Gasteiger partial charge in [0.2, 0.25) is 5.91 Å². The Morgan fingerprint density at radius 2 is 2.15 bits per heavy atom. The minimum atomic E-state index is -1.58. The first-order valence-electron chi connectivity index (χ1n) is 10.4. The number of carbonyl (C=O) groups excluding carboxylic acids is 4. The Labute approximate surface area is 187 Å². The lowest BCUT2D eigenvalue weighted by Crippen LogP contribution is -2.62. The highest BCUT2D eigenvalue weighted by molar-refractivity contribution is 6.08. The standard InChI is InChI=1S/C22H21FN4O6/c1-32-13-5-4-12-8-27(19(29)16(12)17(13)23)9-22(20(30)25-21(31)26-22)15-7-10-2-3-11(18(24)28)6-14(10)33-15/h2-6,10,14-15H,7-9H2,1H3,(H2,24,28)(H2,25,26,30,31). The van der Waals surface area contributed by atoms with Gasteiger partial charge in [0.25, 0.3) is 11.8 Å². The Morgan fingerprint density at radius 1 is 1.36 bits per heavy atom. The number of carbonyl (C=O) groups is 4. The summed E-state index contributed by atoms with van der Waals surface area (Å²) in [6.45, 7) is -0.161. The number of amides is 5. The molecular weight excluding hydrogens is 435 g/mol. The van der Waals surface area contributed by atoms with E-state index in [1.54, 1.807) is 24.3 Å². The van der Waals surface area contributed by atoms with E-state index in [1.807, 2.05) is 0 Å². The Morgan fingerprint density at radius 3 is 2.82 bits per heavy atom. The highest BCUT2D eigenvalue weighted by atomic mass is 19.1. The molecule has 2 fully saturated rings. The molecule has 33 heavy (non-hydrogen) atoms. The predicted molar refractivity (Wildman–Crippen MR) is 110 cm³/mol. The fraction of sp³-hybridized carbons (Fsp3) is 0.364. The molecule has 0 saturated carbocycles. The number of halogens is 1. The summed E-state index contributed by atoms with van der Waals surface area (Å²) >= 11 is 0. The number of benzene rings is 1. The van der Waals surface area contributed by atoms with Gasteiger partial charge in [-0.1, -0.05) is 18.2 Å². The van der Waals surface area contributed by atoms with Crippen LogP contribution < -0.4 is 21.1 Å². The van der Waals surface area contributed by atoms with Crippen molar-refractivity contribution < 1.29 is 33.0 Å². The first-order valence-corrected chi connectivity index (χ1v) is 10.4. The molecule has 2 saturated heterocycles. The highest BCUT2D eigenvalue weighted by Crippen LogP contribution is 2.40. The van der Waals surface area contributed by atoms with Gasteiger partial charge in [0.05, 0.1) is 31.4 Å². The molecule has 0 aromatic heterocycles. The lowest BCUT2D eigenvalue weighted by molar-refractivity contribution is -0.130. The molecule has 4 unspecified atom stereocenters. The molecule has 11 heteroatoms. The predicted octanol–water partition coefficient (Wildman–Crippen LogP) is 0.124. The summed E-state index contributed by atoms with van der Waals surface area (Å²) in [7, 11) is 1.30. The fourth-order valence-corrected chi connectivity index (χ4v) is 4.95. The minimum absolute atomic E-state index is 0.0578. The van der Waals surface area contributed by atoms with Crippen LogP contribution in [0.5, 0.6) is 5.75 Å². The van der Waals surface area contributed by atoms with Gasteiger partial charge in [0.1, 0.15) is 0 Å². The first-order chi connectivity index (χ1) is 15.7. The first kappa shape index (κ1) is 21.1. The number of rotatable bonds is 5. The number of ether oxygens (including phenoxy) is 2. The van der Waals surface area contributed by atoms with Gasteiger partial charge in [-0.15, -0.1) is 0 Å². The summed E-state index contributed by atoms with van der Waals surface area (Å²) in [5.74, 6) is -2.82. The third kappa shape index (κ3) is 3.18. The molecule has 4 N–H and O–H groups in total. The monoisotopic (exact) mass is 456 g/mol. The minimum Gasteiger partial charge on any atom is -0.494 e. The number of nitrogens with one attached hydrogen (secondary N) is 2. The molecule has 172 valence electrons. The quantitative estimate of drug-likeness (QED) is 0.538. The van der Waals surface area contributed by atoms with Gasteiger partial charge in [0.15, 0.2) is 17.1 Å². The summed E-state index contributed by atoms with van der Waals surface area (Å²) < 4.78 is 25.8. The van der Waals surface area contributed by atoms with E-state index in [0.717, 1.165) is 0 Å². The van der Waals surface area contributed by atoms with Gasteiger partial charge >= 0.3 is 6.03 Å². The maximum Gasteiger partial charge on any atom is 0.322 e. The Bertz CT molecular complexity index is 1160. The zero-order chi connectivity index (χ0) is 23.5. The van der Waals surface area contributed by atoms with Gasteiger partial charge in [-0.2, -0.15) is 0 Å². The smallest absolute Gasteiger partial charge is 0.322 e. The third-order valence-electron chi connectivity index (χ3n) is 6.61. The second kappa shape index (κ2) is 7.41. The highest BCUT2D eigenvalue weighted by Gasteiger charge is 2.58. The van der Waals surface area contributed by atoms with Crippen molar-refractivity contribution in [3.63, 3.8) is 0 Å². The number of imide groups is 1. The SMILES string of the molecule is COc1ccc2c(c1F)C(=O)N(CC1(C3CC4C=CC(C(N)=O)=CC4O3)NC(=O)NC1=O)C2. The van der Waals surface area contributed by atoms with Crippen molar-refractivity contribution in [1.82, 2.24) is 15.5 Å². The van der Waals surface area contributed by atoms with E-state index in [2.05, 4.69) is 10.6 Å². The van der Waals surface area contributed by atoms with Gasteiger partial charge in [-0.3, -0.25) is 19.7 Å². The van der Waals surface area contributed by atoms with E-state index in [9.17, 15) is 23.6 Å². The number of primary amides is 1. The zero-order valence-electron chi connectivity index (χ0n) is 17.6. The fourth-order valence-electron chi connectivity index (χ4n) is 4.95. The van der Waals surface area contributed by atoms with Crippen molar-refractivity contribution >= 4 is 23.8 Å². The van der Waals surface area contributed by atoms with Gasteiger partial charge < -0.3 is 25.4 Å². The zero-order valence-corrected chi connectivity index (χ0v) is 17.6. The van der Waals surface area contributed by atoms with E-state index in [0.29, 0.717) is 17.6 Å². The maximum atomic E-state index is 14.8. The lowest BCUT2D eigenvalue weighted by atomic mass is 9.85. The van der Waals surface area contributed by atoms with Crippen LogP contribution in [-0.4, -0.2) is 60.1 Å².